The molecule has 0 radical (unpaired) electrons. The molecule has 4 saturated heterocycles. The van der Waals surface area contributed by atoms with E-state index >= 15 is 4.39 Å². The number of hydrogen-bond donors (Lipinski definition) is 2. The summed E-state index contributed by atoms with van der Waals surface area (Å²) in [6.07, 6.45) is 15.4. The van der Waals surface area contributed by atoms with Gasteiger partial charge in [-0.1, -0.05) is 12.0 Å². The maximum Gasteiger partial charge on any atom is 0.319 e. The van der Waals surface area contributed by atoms with Crippen LogP contribution in [0.5, 0.6) is 11.8 Å². The Morgan fingerprint density at radius 2 is 1.95 bits per heavy atom. The second-order valence-electron chi connectivity index (χ2n) is 12.6. The summed E-state index contributed by atoms with van der Waals surface area (Å²) in [5.41, 5.74) is 3.00. The molecule has 9 nitrogen and oxygen atoms in total. The van der Waals surface area contributed by atoms with E-state index in [1.807, 2.05) is 6.08 Å². The number of anilines is 1. The Hall–Kier alpha value is -3.78. The number of phenols is 1. The number of allylic oxidation sites excluding steroid dienone is 2. The molecule has 2 bridgehead atoms. The van der Waals surface area contributed by atoms with E-state index in [4.69, 9.17) is 20.9 Å². The third-order valence-corrected chi connectivity index (χ3v) is 9.86. The van der Waals surface area contributed by atoms with Gasteiger partial charge in [0.25, 0.3) is 0 Å². The standard InChI is InChI=1S/C33H35FN6O3/c1-2-20-6-3-7-21-12-24(41)13-25(27(20)21)29-28(34)30-26(14-35-29)31(39-15-22-17-42-18-23(16-39)36-22)38-32(37-30)43-19-33-8-4-10-40(33)11-5-9-33/h1,6,12-14,22-23,36,41H,3-5,7-11,15-19H2. The molecule has 222 valence electrons. The second kappa shape index (κ2) is 10.4. The Morgan fingerprint density at radius 3 is 2.72 bits per heavy atom. The summed E-state index contributed by atoms with van der Waals surface area (Å²) in [7, 11) is 0. The first-order valence-electron chi connectivity index (χ1n) is 15.4. The average Bonchev–Trinajstić information content (AvgIpc) is 3.60. The van der Waals surface area contributed by atoms with Crippen LogP contribution in [0.25, 0.3) is 27.7 Å². The van der Waals surface area contributed by atoms with Crippen LogP contribution < -0.4 is 15.0 Å². The number of phenolic OH excluding ortho intramolecular Hbond substituents is 1. The lowest BCUT2D eigenvalue weighted by atomic mass is 9.86. The lowest BCUT2D eigenvalue weighted by Crippen LogP contribution is -2.63. The molecule has 1 aliphatic carbocycles. The zero-order valence-corrected chi connectivity index (χ0v) is 24.1. The summed E-state index contributed by atoms with van der Waals surface area (Å²) in [4.78, 5) is 18.9. The second-order valence-corrected chi connectivity index (χ2v) is 12.6. The zero-order chi connectivity index (χ0) is 29.1. The predicted molar refractivity (Wildman–Crippen MR) is 162 cm³/mol. The number of fused-ring (bicyclic) bond motifs is 5. The number of nitrogens with one attached hydrogen (secondary N) is 1. The van der Waals surface area contributed by atoms with E-state index < -0.39 is 5.82 Å². The van der Waals surface area contributed by atoms with Crippen LogP contribution in [-0.4, -0.2) is 88.6 Å². The number of ether oxygens (including phenoxy) is 2. The van der Waals surface area contributed by atoms with Gasteiger partial charge < -0.3 is 24.8 Å². The van der Waals surface area contributed by atoms with E-state index in [9.17, 15) is 5.11 Å². The molecule has 2 unspecified atom stereocenters. The molecule has 3 aromatic rings. The Bertz CT molecular complexity index is 1660. The van der Waals surface area contributed by atoms with Gasteiger partial charge in [-0.2, -0.15) is 9.97 Å². The topological polar surface area (TPSA) is 95.9 Å². The molecule has 6 heterocycles. The highest BCUT2D eigenvalue weighted by Crippen LogP contribution is 2.42. The fraction of sp³-hybridized carbons (Fsp3) is 0.485. The number of aromatic nitrogens is 3. The average molecular weight is 583 g/mol. The molecule has 43 heavy (non-hydrogen) atoms. The summed E-state index contributed by atoms with van der Waals surface area (Å²) in [6.45, 7) is 5.22. The van der Waals surface area contributed by atoms with Crippen molar-refractivity contribution in [2.75, 3.05) is 50.9 Å². The van der Waals surface area contributed by atoms with Crippen molar-refractivity contribution in [1.29, 1.82) is 0 Å². The number of rotatable bonds is 5. The Labute approximate surface area is 250 Å². The van der Waals surface area contributed by atoms with Gasteiger partial charge in [0.1, 0.15) is 29.4 Å². The van der Waals surface area contributed by atoms with Gasteiger partial charge in [0.2, 0.25) is 0 Å². The number of halogens is 1. The van der Waals surface area contributed by atoms with Crippen molar-refractivity contribution in [3.8, 4) is 35.4 Å². The molecular formula is C33H35FN6O3. The molecule has 0 saturated carbocycles. The summed E-state index contributed by atoms with van der Waals surface area (Å²) in [5.74, 6) is 2.83. The molecule has 10 heteroatoms. The smallest absolute Gasteiger partial charge is 0.319 e. The molecule has 4 fully saturated rings. The van der Waals surface area contributed by atoms with Gasteiger partial charge in [-0.3, -0.25) is 9.88 Å². The quantitative estimate of drug-likeness (QED) is 0.437. The lowest BCUT2D eigenvalue weighted by molar-refractivity contribution is 0.0374. The number of terminal acetylenes is 1. The van der Waals surface area contributed by atoms with E-state index in [0.29, 0.717) is 61.7 Å². The molecule has 2 N–H and O–H groups in total. The first kappa shape index (κ1) is 26.8. The summed E-state index contributed by atoms with van der Waals surface area (Å²) in [6, 6.07) is 3.71. The van der Waals surface area contributed by atoms with Gasteiger partial charge in [0, 0.05) is 48.1 Å². The van der Waals surface area contributed by atoms with Crippen molar-refractivity contribution in [3.63, 3.8) is 0 Å². The van der Waals surface area contributed by atoms with E-state index in [2.05, 4.69) is 31.0 Å². The first-order valence-corrected chi connectivity index (χ1v) is 15.4. The van der Waals surface area contributed by atoms with Crippen molar-refractivity contribution in [2.24, 2.45) is 0 Å². The van der Waals surface area contributed by atoms with E-state index in [0.717, 1.165) is 56.3 Å². The third-order valence-electron chi connectivity index (χ3n) is 9.86. The van der Waals surface area contributed by atoms with Gasteiger partial charge in [-0.15, -0.1) is 6.42 Å². The highest BCUT2D eigenvalue weighted by atomic mass is 19.1. The molecular weight excluding hydrogens is 547 g/mol. The molecule has 8 rings (SSSR count). The van der Waals surface area contributed by atoms with Crippen LogP contribution in [-0.2, 0) is 11.2 Å². The van der Waals surface area contributed by atoms with Gasteiger partial charge in [-0.05, 0) is 69.3 Å². The number of morpholine rings is 1. The van der Waals surface area contributed by atoms with Crippen LogP contribution >= 0.6 is 0 Å². The number of benzene rings is 1. The minimum Gasteiger partial charge on any atom is -0.508 e. The number of aromatic hydroxyl groups is 1. The zero-order valence-electron chi connectivity index (χ0n) is 24.1. The third kappa shape index (κ3) is 4.53. The van der Waals surface area contributed by atoms with Crippen LogP contribution in [0.3, 0.4) is 0 Å². The number of nitrogens with zero attached hydrogens (tertiary/aromatic N) is 5. The molecule has 1 aromatic carbocycles. The minimum atomic E-state index is -0.582. The van der Waals surface area contributed by atoms with Gasteiger partial charge >= 0.3 is 6.01 Å². The van der Waals surface area contributed by atoms with Crippen molar-refractivity contribution >= 4 is 22.3 Å². The van der Waals surface area contributed by atoms with Crippen molar-refractivity contribution < 1.29 is 19.0 Å². The molecule has 5 aliphatic rings. The summed E-state index contributed by atoms with van der Waals surface area (Å²) >= 11 is 0. The van der Waals surface area contributed by atoms with Crippen LogP contribution in [0.1, 0.15) is 43.2 Å². The first-order chi connectivity index (χ1) is 21.0. The minimum absolute atomic E-state index is 0.00241. The lowest BCUT2D eigenvalue weighted by Gasteiger charge is -2.43. The largest absolute Gasteiger partial charge is 0.508 e. The maximum absolute atomic E-state index is 16.8. The van der Waals surface area contributed by atoms with Crippen molar-refractivity contribution in [2.45, 2.75) is 56.1 Å². The van der Waals surface area contributed by atoms with Crippen LogP contribution in [0.15, 0.2) is 24.4 Å². The Balaban J connectivity index is 1.25. The molecule has 0 spiro atoms. The number of piperazine rings is 1. The molecule has 0 amide bonds. The molecule has 4 aliphatic heterocycles. The fourth-order valence-corrected chi connectivity index (χ4v) is 7.94. The predicted octanol–water partition coefficient (Wildman–Crippen LogP) is 3.68. The number of pyridine rings is 1. The van der Waals surface area contributed by atoms with Crippen molar-refractivity contribution in [3.05, 3.63) is 41.3 Å². The highest BCUT2D eigenvalue weighted by Gasteiger charge is 2.45. The normalized spacial score (nSPS) is 24.4. The molecule has 2 aromatic heterocycles. The Morgan fingerprint density at radius 1 is 1.16 bits per heavy atom. The van der Waals surface area contributed by atoms with Crippen LogP contribution in [0, 0.1) is 18.2 Å². The number of hydrogen-bond acceptors (Lipinski definition) is 9. The van der Waals surface area contributed by atoms with Crippen LogP contribution in [0.2, 0.25) is 0 Å². The summed E-state index contributed by atoms with van der Waals surface area (Å²) in [5, 5.41) is 14.7. The van der Waals surface area contributed by atoms with E-state index in [-0.39, 0.29) is 40.6 Å². The highest BCUT2D eigenvalue weighted by molar-refractivity contribution is 5.95. The number of aryl methyl sites for hydroxylation is 1. The fourth-order valence-electron chi connectivity index (χ4n) is 7.94. The van der Waals surface area contributed by atoms with Gasteiger partial charge in [-0.25, -0.2) is 4.39 Å². The SMILES string of the molecule is C#CC1=CCCc2cc(O)cc(-c3ncc4c(N5CC6COCC(C5)N6)nc(OCC56CCCN5CCC6)nc4c3F)c21. The van der Waals surface area contributed by atoms with Crippen molar-refractivity contribution in [1.82, 2.24) is 25.2 Å². The Kier molecular flexibility index (Phi) is 6.51. The van der Waals surface area contributed by atoms with E-state index in [1.165, 1.54) is 6.07 Å². The van der Waals surface area contributed by atoms with Crippen LogP contribution in [0.4, 0.5) is 10.2 Å². The molecule has 2 atom stereocenters. The van der Waals surface area contributed by atoms with E-state index in [1.54, 1.807) is 12.3 Å². The maximum atomic E-state index is 16.8. The van der Waals surface area contributed by atoms with Gasteiger partial charge in [0.15, 0.2) is 5.82 Å². The monoisotopic (exact) mass is 582 g/mol. The van der Waals surface area contributed by atoms with Gasteiger partial charge in [0.05, 0.1) is 24.1 Å². The summed E-state index contributed by atoms with van der Waals surface area (Å²) < 4.78 is 28.9.